The molecule has 92 valence electrons. The lowest BCUT2D eigenvalue weighted by Crippen LogP contribution is -2.03. The van der Waals surface area contributed by atoms with E-state index >= 15 is 0 Å². The van der Waals surface area contributed by atoms with E-state index in [0.29, 0.717) is 17.9 Å². The van der Waals surface area contributed by atoms with Gasteiger partial charge in [0.2, 0.25) is 0 Å². The Labute approximate surface area is 103 Å². The highest BCUT2D eigenvalue weighted by Crippen LogP contribution is 2.27. The van der Waals surface area contributed by atoms with Crippen LogP contribution in [-0.2, 0) is 6.54 Å². The van der Waals surface area contributed by atoms with Crippen LogP contribution in [0.5, 0.6) is 0 Å². The van der Waals surface area contributed by atoms with Crippen LogP contribution >= 0.6 is 11.6 Å². The van der Waals surface area contributed by atoms with Crippen LogP contribution in [-0.4, -0.2) is 9.55 Å². The molecule has 17 heavy (non-hydrogen) atoms. The van der Waals surface area contributed by atoms with Gasteiger partial charge < -0.3 is 4.57 Å². The number of halogens is 3. The second-order valence-corrected chi connectivity index (χ2v) is 4.65. The van der Waals surface area contributed by atoms with Crippen molar-refractivity contribution in [3.05, 3.63) is 29.6 Å². The zero-order valence-electron chi connectivity index (χ0n) is 9.67. The van der Waals surface area contributed by atoms with E-state index in [1.165, 1.54) is 6.07 Å². The predicted octanol–water partition coefficient (Wildman–Crippen LogP) is 4.02. The summed E-state index contributed by atoms with van der Waals surface area (Å²) in [7, 11) is 0. The van der Waals surface area contributed by atoms with Crippen molar-refractivity contribution in [2.24, 2.45) is 0 Å². The maximum atomic E-state index is 13.6. The summed E-state index contributed by atoms with van der Waals surface area (Å²) in [5.41, 5.74) is 0.647. The SMILES string of the molecule is CCCn1c(C(C)Cl)nc2c(F)cc(F)cc21. The summed E-state index contributed by atoms with van der Waals surface area (Å²) in [6, 6.07) is 2.14. The van der Waals surface area contributed by atoms with Crippen LogP contribution in [0.15, 0.2) is 12.1 Å². The molecule has 0 fully saturated rings. The molecular weight excluding hydrogens is 246 g/mol. The molecule has 0 spiro atoms. The minimum atomic E-state index is -0.645. The summed E-state index contributed by atoms with van der Waals surface area (Å²) in [6.07, 6.45) is 0.847. The number of hydrogen-bond donors (Lipinski definition) is 0. The third-order valence-corrected chi connectivity index (χ3v) is 2.80. The molecule has 0 saturated heterocycles. The maximum Gasteiger partial charge on any atom is 0.153 e. The van der Waals surface area contributed by atoms with Gasteiger partial charge in [-0.25, -0.2) is 13.8 Å². The minimum Gasteiger partial charge on any atom is -0.327 e. The Morgan fingerprint density at radius 3 is 2.71 bits per heavy atom. The number of benzene rings is 1. The number of nitrogens with zero attached hydrogens (tertiary/aromatic N) is 2. The van der Waals surface area contributed by atoms with Gasteiger partial charge >= 0.3 is 0 Å². The monoisotopic (exact) mass is 258 g/mol. The second kappa shape index (κ2) is 4.61. The van der Waals surface area contributed by atoms with Crippen molar-refractivity contribution < 1.29 is 8.78 Å². The molecule has 1 heterocycles. The number of imidazole rings is 1. The molecule has 1 aromatic heterocycles. The Bertz CT molecular complexity index is 549. The van der Waals surface area contributed by atoms with Gasteiger partial charge in [0.05, 0.1) is 10.9 Å². The summed E-state index contributed by atoms with van der Waals surface area (Å²) in [5, 5.41) is -0.337. The Morgan fingerprint density at radius 2 is 2.12 bits per heavy atom. The van der Waals surface area contributed by atoms with Gasteiger partial charge in [0.15, 0.2) is 5.82 Å². The molecule has 0 N–H and O–H groups in total. The summed E-state index contributed by atoms with van der Waals surface area (Å²) in [4.78, 5) is 4.16. The molecule has 2 nitrogen and oxygen atoms in total. The van der Waals surface area contributed by atoms with E-state index in [4.69, 9.17) is 11.6 Å². The normalized spacial score (nSPS) is 13.2. The molecule has 0 aliphatic heterocycles. The van der Waals surface area contributed by atoms with Crippen molar-refractivity contribution in [2.45, 2.75) is 32.2 Å². The van der Waals surface area contributed by atoms with Crippen molar-refractivity contribution in [3.8, 4) is 0 Å². The summed E-state index contributed by atoms with van der Waals surface area (Å²) >= 11 is 6.01. The zero-order valence-corrected chi connectivity index (χ0v) is 10.4. The first-order chi connectivity index (χ1) is 8.04. The van der Waals surface area contributed by atoms with E-state index in [9.17, 15) is 8.78 Å². The lowest BCUT2D eigenvalue weighted by molar-refractivity contribution is 0.589. The molecule has 1 aromatic carbocycles. The van der Waals surface area contributed by atoms with Crippen LogP contribution in [0.1, 0.15) is 31.5 Å². The van der Waals surface area contributed by atoms with Crippen molar-refractivity contribution in [2.75, 3.05) is 0 Å². The van der Waals surface area contributed by atoms with Crippen molar-refractivity contribution in [1.29, 1.82) is 0 Å². The molecule has 5 heteroatoms. The van der Waals surface area contributed by atoms with Crippen LogP contribution in [0.4, 0.5) is 8.78 Å². The zero-order chi connectivity index (χ0) is 12.6. The van der Waals surface area contributed by atoms with Gasteiger partial charge in [-0.1, -0.05) is 6.92 Å². The lowest BCUT2D eigenvalue weighted by Gasteiger charge is -2.08. The van der Waals surface area contributed by atoms with Crippen LogP contribution in [0, 0.1) is 11.6 Å². The number of fused-ring (bicyclic) bond motifs is 1. The Kier molecular flexibility index (Phi) is 3.33. The standard InChI is InChI=1S/C12H13ClF2N2/c1-3-4-17-10-6-8(14)5-9(15)11(10)16-12(17)7(2)13/h5-7H,3-4H2,1-2H3. The van der Waals surface area contributed by atoms with Gasteiger partial charge in [-0.05, 0) is 19.4 Å². The quantitative estimate of drug-likeness (QED) is 0.760. The topological polar surface area (TPSA) is 17.8 Å². The van der Waals surface area contributed by atoms with Gasteiger partial charge in [0.1, 0.15) is 17.2 Å². The molecule has 0 amide bonds. The van der Waals surface area contributed by atoms with Gasteiger partial charge in [-0.15, -0.1) is 11.6 Å². The molecule has 2 aromatic rings. The van der Waals surface area contributed by atoms with Crippen molar-refractivity contribution >= 4 is 22.6 Å². The molecule has 0 saturated carbocycles. The van der Waals surface area contributed by atoms with E-state index in [2.05, 4.69) is 4.98 Å². The van der Waals surface area contributed by atoms with E-state index in [0.717, 1.165) is 12.5 Å². The molecular formula is C12H13ClF2N2. The highest BCUT2D eigenvalue weighted by Gasteiger charge is 2.17. The van der Waals surface area contributed by atoms with Gasteiger partial charge in [-0.3, -0.25) is 0 Å². The van der Waals surface area contributed by atoms with E-state index < -0.39 is 11.6 Å². The number of rotatable bonds is 3. The fourth-order valence-corrected chi connectivity index (χ4v) is 2.10. The molecule has 0 aliphatic carbocycles. The fourth-order valence-electron chi connectivity index (χ4n) is 1.93. The van der Waals surface area contributed by atoms with Gasteiger partial charge in [0.25, 0.3) is 0 Å². The molecule has 1 unspecified atom stereocenters. The number of alkyl halides is 1. The first kappa shape index (κ1) is 12.3. The smallest absolute Gasteiger partial charge is 0.153 e. The van der Waals surface area contributed by atoms with Crippen LogP contribution in [0.3, 0.4) is 0 Å². The third-order valence-electron chi connectivity index (χ3n) is 2.60. The minimum absolute atomic E-state index is 0.183. The van der Waals surface area contributed by atoms with E-state index in [1.54, 1.807) is 11.5 Å². The molecule has 1 atom stereocenters. The molecule has 0 radical (unpaired) electrons. The third kappa shape index (κ3) is 2.14. The summed E-state index contributed by atoms with van der Waals surface area (Å²) in [6.45, 7) is 4.40. The van der Waals surface area contributed by atoms with Crippen molar-refractivity contribution in [3.63, 3.8) is 0 Å². The first-order valence-corrected chi connectivity index (χ1v) is 5.97. The lowest BCUT2D eigenvalue weighted by atomic mass is 10.3. The second-order valence-electron chi connectivity index (χ2n) is 3.99. The van der Waals surface area contributed by atoms with Gasteiger partial charge in [-0.2, -0.15) is 0 Å². The largest absolute Gasteiger partial charge is 0.327 e. The Morgan fingerprint density at radius 1 is 1.41 bits per heavy atom. The highest BCUT2D eigenvalue weighted by atomic mass is 35.5. The Balaban J connectivity index is 2.75. The Hall–Kier alpha value is -1.16. The molecule has 0 bridgehead atoms. The van der Waals surface area contributed by atoms with E-state index in [1.807, 2.05) is 6.92 Å². The van der Waals surface area contributed by atoms with Crippen LogP contribution in [0.25, 0.3) is 11.0 Å². The van der Waals surface area contributed by atoms with Crippen LogP contribution in [0.2, 0.25) is 0 Å². The number of hydrogen-bond acceptors (Lipinski definition) is 1. The molecule has 2 rings (SSSR count). The van der Waals surface area contributed by atoms with Crippen LogP contribution < -0.4 is 0 Å². The summed E-state index contributed by atoms with van der Waals surface area (Å²) in [5.74, 6) is -0.664. The predicted molar refractivity (Wildman–Crippen MR) is 64.2 cm³/mol. The number of aromatic nitrogens is 2. The van der Waals surface area contributed by atoms with E-state index in [-0.39, 0.29) is 10.9 Å². The molecule has 0 aliphatic rings. The maximum absolute atomic E-state index is 13.6. The average Bonchev–Trinajstić information content (AvgIpc) is 2.58. The van der Waals surface area contributed by atoms with Gasteiger partial charge in [0, 0.05) is 12.6 Å². The number of aryl methyl sites for hydroxylation is 1. The average molecular weight is 259 g/mol. The first-order valence-electron chi connectivity index (χ1n) is 5.53. The fraction of sp³-hybridized carbons (Fsp3) is 0.417. The highest BCUT2D eigenvalue weighted by molar-refractivity contribution is 6.20. The summed E-state index contributed by atoms with van der Waals surface area (Å²) < 4.78 is 28.6. The van der Waals surface area contributed by atoms with Crippen molar-refractivity contribution in [1.82, 2.24) is 9.55 Å².